The van der Waals surface area contributed by atoms with E-state index in [1.807, 2.05) is 41.2 Å². The highest BCUT2D eigenvalue weighted by atomic mass is 35.5. The maximum absolute atomic E-state index is 12.1. The number of likely N-dealkylation sites (tertiary alicyclic amines) is 1. The van der Waals surface area contributed by atoms with Crippen LogP contribution in [-0.4, -0.2) is 39.7 Å². The number of nitrogens with one attached hydrogen (secondary N) is 1. The molecule has 1 atom stereocenters. The molecule has 2 heterocycles. The molecule has 1 aromatic heterocycles. The molecule has 0 bridgehead atoms. The predicted octanol–water partition coefficient (Wildman–Crippen LogP) is 2.71. The quantitative estimate of drug-likeness (QED) is 0.838. The number of carbonyl (C=O) groups is 1. The van der Waals surface area contributed by atoms with Crippen molar-refractivity contribution in [1.82, 2.24) is 20.0 Å². The summed E-state index contributed by atoms with van der Waals surface area (Å²) in [5.41, 5.74) is 0.949. The molecule has 5 nitrogen and oxygen atoms in total. The average Bonchev–Trinajstić information content (AvgIpc) is 3.24. The molecule has 1 aromatic carbocycles. The number of aromatic nitrogens is 2. The fourth-order valence-corrected chi connectivity index (χ4v) is 3.39. The molecule has 0 aliphatic carbocycles. The number of hydrogen-bond acceptors (Lipinski definition) is 3. The molecule has 24 heavy (non-hydrogen) atoms. The van der Waals surface area contributed by atoms with Crippen molar-refractivity contribution in [2.45, 2.75) is 38.4 Å². The van der Waals surface area contributed by atoms with Crippen LogP contribution in [0.3, 0.4) is 0 Å². The van der Waals surface area contributed by atoms with Gasteiger partial charge in [-0.25, -0.2) is 0 Å². The van der Waals surface area contributed by atoms with Crippen LogP contribution < -0.4 is 5.32 Å². The Hall–Kier alpha value is -1.85. The standard InChI is InChI=1S/C18H23ClN4O/c19-17-7-2-1-5-15(17)13-20-18(24)8-12-22-10-3-6-16(22)14-23-11-4-9-21-23/h1-2,4-5,7,9,11,16H,3,6,8,10,12-14H2,(H,20,24)/t16-/m0/s1. The highest BCUT2D eigenvalue weighted by molar-refractivity contribution is 6.31. The number of amides is 1. The largest absolute Gasteiger partial charge is 0.352 e. The maximum atomic E-state index is 12.1. The molecule has 6 heteroatoms. The monoisotopic (exact) mass is 346 g/mol. The van der Waals surface area contributed by atoms with Gasteiger partial charge in [-0.15, -0.1) is 0 Å². The zero-order valence-corrected chi connectivity index (χ0v) is 14.5. The van der Waals surface area contributed by atoms with Gasteiger partial charge in [-0.2, -0.15) is 5.10 Å². The van der Waals surface area contributed by atoms with Crippen LogP contribution >= 0.6 is 11.6 Å². The summed E-state index contributed by atoms with van der Waals surface area (Å²) < 4.78 is 1.97. The van der Waals surface area contributed by atoms with Crippen molar-refractivity contribution < 1.29 is 4.79 Å². The lowest BCUT2D eigenvalue weighted by atomic mass is 10.2. The minimum Gasteiger partial charge on any atom is -0.352 e. The summed E-state index contributed by atoms with van der Waals surface area (Å²) in [5.74, 6) is 0.0691. The predicted molar refractivity (Wildman–Crippen MR) is 94.7 cm³/mol. The fourth-order valence-electron chi connectivity index (χ4n) is 3.19. The molecule has 0 saturated carbocycles. The molecular weight excluding hydrogens is 324 g/mol. The SMILES string of the molecule is O=C(CCN1CCC[C@H]1Cn1cccn1)NCc1ccccc1Cl. The first-order valence-electron chi connectivity index (χ1n) is 8.44. The molecule has 1 aliphatic rings. The van der Waals surface area contributed by atoms with Crippen LogP contribution in [0.2, 0.25) is 5.02 Å². The number of benzene rings is 1. The number of rotatable bonds is 7. The van der Waals surface area contributed by atoms with Crippen molar-refractivity contribution in [3.63, 3.8) is 0 Å². The molecule has 128 valence electrons. The van der Waals surface area contributed by atoms with Gasteiger partial charge in [-0.1, -0.05) is 29.8 Å². The Bertz CT molecular complexity index is 659. The van der Waals surface area contributed by atoms with Gasteiger partial charge in [-0.3, -0.25) is 14.4 Å². The van der Waals surface area contributed by atoms with Crippen LogP contribution in [0.4, 0.5) is 0 Å². The third kappa shape index (κ3) is 4.58. The third-order valence-corrected chi connectivity index (χ3v) is 4.88. The summed E-state index contributed by atoms with van der Waals surface area (Å²) >= 11 is 6.11. The van der Waals surface area contributed by atoms with Gasteiger partial charge in [0.25, 0.3) is 0 Å². The molecule has 1 fully saturated rings. The lowest BCUT2D eigenvalue weighted by Gasteiger charge is -2.24. The van der Waals surface area contributed by atoms with Crippen molar-refractivity contribution in [1.29, 1.82) is 0 Å². The summed E-state index contributed by atoms with van der Waals surface area (Å²) in [6, 6.07) is 10.0. The summed E-state index contributed by atoms with van der Waals surface area (Å²) in [6.07, 6.45) is 6.67. The summed E-state index contributed by atoms with van der Waals surface area (Å²) in [6.45, 7) is 3.23. The van der Waals surface area contributed by atoms with Gasteiger partial charge >= 0.3 is 0 Å². The molecule has 1 amide bonds. The third-order valence-electron chi connectivity index (χ3n) is 4.52. The van der Waals surface area contributed by atoms with Gasteiger partial charge in [0.1, 0.15) is 0 Å². The number of nitrogens with zero attached hydrogens (tertiary/aromatic N) is 3. The lowest BCUT2D eigenvalue weighted by Crippen LogP contribution is -2.36. The fraction of sp³-hybridized carbons (Fsp3) is 0.444. The van der Waals surface area contributed by atoms with E-state index in [1.54, 1.807) is 6.20 Å². The van der Waals surface area contributed by atoms with Crippen LogP contribution in [0.5, 0.6) is 0 Å². The van der Waals surface area contributed by atoms with E-state index in [0.717, 1.165) is 25.2 Å². The van der Waals surface area contributed by atoms with Crippen molar-refractivity contribution in [2.24, 2.45) is 0 Å². The topological polar surface area (TPSA) is 50.2 Å². The van der Waals surface area contributed by atoms with E-state index >= 15 is 0 Å². The normalized spacial score (nSPS) is 18.0. The summed E-state index contributed by atoms with van der Waals surface area (Å²) in [7, 11) is 0. The van der Waals surface area contributed by atoms with E-state index in [1.165, 1.54) is 12.8 Å². The van der Waals surface area contributed by atoms with E-state index < -0.39 is 0 Å². The van der Waals surface area contributed by atoms with Crippen LogP contribution in [0.25, 0.3) is 0 Å². The minimum atomic E-state index is 0.0691. The van der Waals surface area contributed by atoms with Gasteiger partial charge in [0.05, 0.1) is 6.54 Å². The van der Waals surface area contributed by atoms with Crippen molar-refractivity contribution in [2.75, 3.05) is 13.1 Å². The van der Waals surface area contributed by atoms with Gasteiger partial charge in [-0.05, 0) is 37.1 Å². The Balaban J connectivity index is 1.43. The second kappa shape index (κ2) is 8.31. The van der Waals surface area contributed by atoms with Crippen molar-refractivity contribution >= 4 is 17.5 Å². The zero-order chi connectivity index (χ0) is 16.8. The van der Waals surface area contributed by atoms with Crippen molar-refractivity contribution in [3.8, 4) is 0 Å². The van der Waals surface area contributed by atoms with Crippen LogP contribution in [0, 0.1) is 0 Å². The molecule has 1 N–H and O–H groups in total. The number of halogens is 1. The molecule has 3 rings (SSSR count). The van der Waals surface area contributed by atoms with Crippen LogP contribution in [-0.2, 0) is 17.9 Å². The molecule has 1 aliphatic heterocycles. The Labute approximate surface area is 147 Å². The Morgan fingerprint density at radius 3 is 3.00 bits per heavy atom. The highest BCUT2D eigenvalue weighted by Crippen LogP contribution is 2.19. The summed E-state index contributed by atoms with van der Waals surface area (Å²) in [5, 5.41) is 7.93. The highest BCUT2D eigenvalue weighted by Gasteiger charge is 2.25. The first-order valence-corrected chi connectivity index (χ1v) is 8.82. The second-order valence-electron chi connectivity index (χ2n) is 6.18. The smallest absolute Gasteiger partial charge is 0.221 e. The zero-order valence-electron chi connectivity index (χ0n) is 13.7. The lowest BCUT2D eigenvalue weighted by molar-refractivity contribution is -0.121. The van der Waals surface area contributed by atoms with Gasteiger partial charge < -0.3 is 5.32 Å². The van der Waals surface area contributed by atoms with Gasteiger partial charge in [0.2, 0.25) is 5.91 Å². The van der Waals surface area contributed by atoms with E-state index in [4.69, 9.17) is 11.6 Å². The number of hydrogen-bond donors (Lipinski definition) is 1. The van der Waals surface area contributed by atoms with Crippen LogP contribution in [0.15, 0.2) is 42.7 Å². The van der Waals surface area contributed by atoms with Gasteiger partial charge in [0, 0.05) is 43.0 Å². The van der Waals surface area contributed by atoms with E-state index in [0.29, 0.717) is 24.0 Å². The second-order valence-corrected chi connectivity index (χ2v) is 6.59. The first-order chi connectivity index (χ1) is 11.7. The Morgan fingerprint density at radius 2 is 2.21 bits per heavy atom. The maximum Gasteiger partial charge on any atom is 0.221 e. The van der Waals surface area contributed by atoms with E-state index in [9.17, 15) is 4.79 Å². The van der Waals surface area contributed by atoms with Crippen LogP contribution in [0.1, 0.15) is 24.8 Å². The molecule has 1 saturated heterocycles. The Morgan fingerprint density at radius 1 is 1.33 bits per heavy atom. The number of carbonyl (C=O) groups excluding carboxylic acids is 1. The summed E-state index contributed by atoms with van der Waals surface area (Å²) in [4.78, 5) is 14.5. The van der Waals surface area contributed by atoms with Gasteiger partial charge in [0.15, 0.2) is 0 Å². The van der Waals surface area contributed by atoms with E-state index in [-0.39, 0.29) is 5.91 Å². The average molecular weight is 347 g/mol. The molecular formula is C18H23ClN4O. The molecule has 2 aromatic rings. The minimum absolute atomic E-state index is 0.0691. The Kier molecular flexibility index (Phi) is 5.88. The molecule has 0 spiro atoms. The molecule has 0 radical (unpaired) electrons. The molecule has 0 unspecified atom stereocenters. The van der Waals surface area contributed by atoms with E-state index in [2.05, 4.69) is 15.3 Å². The first kappa shape index (κ1) is 17.0. The van der Waals surface area contributed by atoms with Crippen molar-refractivity contribution in [3.05, 3.63) is 53.3 Å².